The number of allylic oxidation sites excluding steroid dienone is 1. The fourth-order valence-corrected chi connectivity index (χ4v) is 9.41. The summed E-state index contributed by atoms with van der Waals surface area (Å²) >= 11 is 6.42. The lowest BCUT2D eigenvalue weighted by molar-refractivity contribution is -0.108. The van der Waals surface area contributed by atoms with Crippen molar-refractivity contribution in [3.63, 3.8) is 0 Å². The lowest BCUT2D eigenvalue weighted by Gasteiger charge is -2.32. The first-order valence-corrected chi connectivity index (χ1v) is 14.3. The number of benzene rings is 5. The van der Waals surface area contributed by atoms with Crippen molar-refractivity contribution in [2.45, 2.75) is 0 Å². The second kappa shape index (κ2) is 11.4. The lowest BCUT2D eigenvalue weighted by atomic mass is 10.1. The minimum atomic E-state index is -2.59. The van der Waals surface area contributed by atoms with E-state index in [4.69, 9.17) is 11.6 Å². The van der Waals surface area contributed by atoms with Gasteiger partial charge in [-0.25, -0.2) is 0 Å². The summed E-state index contributed by atoms with van der Waals surface area (Å²) in [5, 5.41) is 4.80. The van der Waals surface area contributed by atoms with Crippen LogP contribution < -0.4 is 15.9 Å². The van der Waals surface area contributed by atoms with Gasteiger partial charge in [0, 0.05) is 10.3 Å². The molecule has 0 aromatic heterocycles. The maximum Gasteiger partial charge on any atom is 0.187 e. The third-order valence-electron chi connectivity index (χ3n) is 6.37. The fourth-order valence-electron chi connectivity index (χ4n) is 4.74. The summed E-state index contributed by atoms with van der Waals surface area (Å²) in [5.41, 5.74) is 1.73. The molecule has 0 N–H and O–H groups in total. The van der Waals surface area contributed by atoms with Crippen molar-refractivity contribution in [1.82, 2.24) is 0 Å². The van der Waals surface area contributed by atoms with Gasteiger partial charge in [-0.15, -0.1) is 0 Å². The third-order valence-corrected chi connectivity index (χ3v) is 11.1. The van der Waals surface area contributed by atoms with E-state index in [9.17, 15) is 4.79 Å². The van der Waals surface area contributed by atoms with Crippen molar-refractivity contribution < 1.29 is 4.79 Å². The smallest absolute Gasteiger partial charge is 0.187 e. The molecule has 3 heteroatoms. The molecule has 37 heavy (non-hydrogen) atoms. The van der Waals surface area contributed by atoms with Crippen LogP contribution in [0.25, 0.3) is 6.08 Å². The molecule has 5 aromatic carbocycles. The predicted octanol–water partition coefficient (Wildman–Crippen LogP) is 7.14. The summed E-state index contributed by atoms with van der Waals surface area (Å²) in [5.74, 6) is -0.0315. The number of rotatable bonds is 7. The predicted molar refractivity (Wildman–Crippen MR) is 161 cm³/mol. The van der Waals surface area contributed by atoms with Crippen LogP contribution in [0.1, 0.15) is 11.1 Å². The molecule has 0 amide bonds. The first-order valence-electron chi connectivity index (χ1n) is 12.2. The highest BCUT2D eigenvalue weighted by Gasteiger charge is 2.33. The van der Waals surface area contributed by atoms with Crippen LogP contribution in [0.3, 0.4) is 0 Å². The van der Waals surface area contributed by atoms with E-state index in [1.165, 1.54) is 0 Å². The molecule has 0 radical (unpaired) electrons. The molecule has 0 unspecified atom stereocenters. The highest BCUT2D eigenvalue weighted by molar-refractivity contribution is 7.96. The maximum absolute atomic E-state index is 14.5. The molecular weight excluding hydrogens is 491 g/mol. The summed E-state index contributed by atoms with van der Waals surface area (Å²) < 4.78 is 0. The molecule has 0 atom stereocenters. The van der Waals surface area contributed by atoms with Gasteiger partial charge in [-0.2, -0.15) is 0 Å². The van der Waals surface area contributed by atoms with Gasteiger partial charge in [0.25, 0.3) is 0 Å². The van der Waals surface area contributed by atoms with Crippen molar-refractivity contribution in [3.8, 4) is 0 Å². The number of carbonyl (C=O) groups excluding carboxylic acids is 1. The van der Waals surface area contributed by atoms with Crippen LogP contribution in [0, 0.1) is 0 Å². The van der Waals surface area contributed by atoms with Gasteiger partial charge in [-0.05, 0) is 52.1 Å². The molecule has 0 saturated heterocycles. The van der Waals surface area contributed by atoms with E-state index in [2.05, 4.69) is 72.8 Å². The fraction of sp³-hybridized carbons (Fsp3) is 0. The van der Waals surface area contributed by atoms with Gasteiger partial charge in [0.2, 0.25) is 0 Å². The van der Waals surface area contributed by atoms with Crippen LogP contribution in [0.5, 0.6) is 0 Å². The Hall–Kier alpha value is -3.90. The zero-order valence-corrected chi connectivity index (χ0v) is 21.9. The van der Waals surface area contributed by atoms with E-state index in [1.54, 1.807) is 6.08 Å². The average molecular weight is 517 g/mol. The highest BCUT2D eigenvalue weighted by Crippen LogP contribution is 2.48. The van der Waals surface area contributed by atoms with Gasteiger partial charge in [0.05, 0.1) is 0 Å². The SMILES string of the molecule is O=C(/C=C/c1ccccc1Cl)C(c1ccccc1)=P(c1ccccc1)(c1ccccc1)c1ccccc1. The Labute approximate surface area is 223 Å². The van der Waals surface area contributed by atoms with Crippen molar-refractivity contribution >= 4 is 51.6 Å². The van der Waals surface area contributed by atoms with Crippen molar-refractivity contribution in [3.05, 3.63) is 168 Å². The molecule has 180 valence electrons. The van der Waals surface area contributed by atoms with Crippen LogP contribution in [0.2, 0.25) is 5.02 Å². The second-order valence-electron chi connectivity index (χ2n) is 8.61. The monoisotopic (exact) mass is 516 g/mol. The highest BCUT2D eigenvalue weighted by atomic mass is 35.5. The number of hydrogen-bond donors (Lipinski definition) is 0. The quantitative estimate of drug-likeness (QED) is 0.166. The minimum absolute atomic E-state index is 0.0315. The first-order chi connectivity index (χ1) is 18.2. The summed E-state index contributed by atoms with van der Waals surface area (Å²) in [6.45, 7) is -2.59. The van der Waals surface area contributed by atoms with Crippen LogP contribution in [0.4, 0.5) is 0 Å². The largest absolute Gasteiger partial charge is 0.289 e. The van der Waals surface area contributed by atoms with Crippen LogP contribution in [0.15, 0.2) is 152 Å². The summed E-state index contributed by atoms with van der Waals surface area (Å²) in [7, 11) is 0. The van der Waals surface area contributed by atoms with Gasteiger partial charge in [-0.1, -0.05) is 151 Å². The molecule has 0 bridgehead atoms. The molecule has 5 aromatic rings. The van der Waals surface area contributed by atoms with E-state index in [0.29, 0.717) is 5.02 Å². The lowest BCUT2D eigenvalue weighted by Crippen LogP contribution is -2.33. The molecule has 0 aliphatic rings. The van der Waals surface area contributed by atoms with E-state index < -0.39 is 6.89 Å². The minimum Gasteiger partial charge on any atom is -0.289 e. The Morgan fingerprint density at radius 2 is 0.946 bits per heavy atom. The molecule has 0 aliphatic carbocycles. The zero-order valence-electron chi connectivity index (χ0n) is 20.2. The Bertz CT molecular complexity index is 1470. The van der Waals surface area contributed by atoms with Gasteiger partial charge in [0.15, 0.2) is 5.78 Å². The summed E-state index contributed by atoms with van der Waals surface area (Å²) in [6, 6.07) is 49.0. The third kappa shape index (κ3) is 5.02. The van der Waals surface area contributed by atoms with Gasteiger partial charge in [-0.3, -0.25) is 4.79 Å². The molecule has 1 nitrogen and oxygen atoms in total. The van der Waals surface area contributed by atoms with E-state index in [1.807, 2.05) is 78.9 Å². The van der Waals surface area contributed by atoms with Crippen LogP contribution in [-0.2, 0) is 4.79 Å². The van der Waals surface area contributed by atoms with Crippen molar-refractivity contribution in [2.75, 3.05) is 0 Å². The number of carbonyl (C=O) groups is 1. The zero-order chi connectivity index (χ0) is 25.5. The normalized spacial score (nSPS) is 11.4. The molecule has 0 spiro atoms. The summed E-state index contributed by atoms with van der Waals surface area (Å²) in [6.07, 6.45) is 3.50. The molecule has 0 fully saturated rings. The Morgan fingerprint density at radius 1 is 0.541 bits per heavy atom. The Morgan fingerprint density at radius 3 is 1.41 bits per heavy atom. The van der Waals surface area contributed by atoms with E-state index in [0.717, 1.165) is 32.3 Å². The van der Waals surface area contributed by atoms with E-state index >= 15 is 0 Å². The number of ketones is 1. The summed E-state index contributed by atoms with van der Waals surface area (Å²) in [4.78, 5) is 14.5. The average Bonchev–Trinajstić information content (AvgIpc) is 2.97. The van der Waals surface area contributed by atoms with Gasteiger partial charge in [0.1, 0.15) is 0 Å². The molecule has 0 aliphatic heterocycles. The number of halogens is 1. The topological polar surface area (TPSA) is 17.1 Å². The molecule has 0 saturated carbocycles. The van der Waals surface area contributed by atoms with E-state index in [-0.39, 0.29) is 5.78 Å². The van der Waals surface area contributed by atoms with Crippen LogP contribution >= 0.6 is 18.5 Å². The van der Waals surface area contributed by atoms with Gasteiger partial charge < -0.3 is 0 Å². The van der Waals surface area contributed by atoms with Crippen molar-refractivity contribution in [1.29, 1.82) is 0 Å². The molecule has 5 rings (SSSR count). The Kier molecular flexibility index (Phi) is 7.66. The van der Waals surface area contributed by atoms with Crippen molar-refractivity contribution in [2.24, 2.45) is 0 Å². The Balaban J connectivity index is 1.94. The maximum atomic E-state index is 14.5. The van der Waals surface area contributed by atoms with Crippen LogP contribution in [-0.4, -0.2) is 11.1 Å². The number of hydrogen-bond acceptors (Lipinski definition) is 1. The molecular formula is C34H26ClOP. The standard InChI is InChI=1S/C34H26ClOP/c35-32-24-14-13-15-27(32)25-26-33(36)34(28-16-5-1-6-17-28)37(29-18-7-2-8-19-29,30-20-9-3-10-21-30)31-22-11-4-12-23-31/h1-26H/b26-25+. The second-order valence-corrected chi connectivity index (χ2v) is 12.4. The first kappa shape index (κ1) is 24.8. The molecule has 0 heterocycles. The van der Waals surface area contributed by atoms with Gasteiger partial charge >= 0.3 is 0 Å².